The summed E-state index contributed by atoms with van der Waals surface area (Å²) < 4.78 is 15.1. The third-order valence-electron chi connectivity index (χ3n) is 3.84. The zero-order valence-electron chi connectivity index (χ0n) is 13.3. The second-order valence-corrected chi connectivity index (χ2v) is 8.51. The number of hydrogen-bond acceptors (Lipinski definition) is 4. The van der Waals surface area contributed by atoms with Gasteiger partial charge in [-0.05, 0) is 81.7 Å². The maximum Gasteiger partial charge on any atom is 0.276 e. The molecule has 1 aliphatic carbocycles. The molecule has 0 heterocycles. The molecule has 1 fully saturated rings. The van der Waals surface area contributed by atoms with Crippen LogP contribution in [0, 0.1) is 9.39 Å². The first-order valence-corrected chi connectivity index (χ1v) is 9.88. The van der Waals surface area contributed by atoms with Crippen molar-refractivity contribution in [1.29, 1.82) is 0 Å². The number of aliphatic hydroxyl groups is 1. The molecule has 0 radical (unpaired) electrons. The van der Waals surface area contributed by atoms with Gasteiger partial charge in [-0.1, -0.05) is 11.6 Å². The van der Waals surface area contributed by atoms with Crippen LogP contribution in [0.1, 0.15) is 23.2 Å². The number of carbonyl (C=O) groups excluding carboxylic acids is 1. The van der Waals surface area contributed by atoms with E-state index in [1.54, 1.807) is 12.1 Å². The van der Waals surface area contributed by atoms with Gasteiger partial charge in [0.2, 0.25) is 0 Å². The number of nitrogens with one attached hydrogen (secondary N) is 2. The van der Waals surface area contributed by atoms with Gasteiger partial charge in [0.1, 0.15) is 12.4 Å². The Labute approximate surface area is 176 Å². The van der Waals surface area contributed by atoms with Gasteiger partial charge in [-0.2, -0.15) is 0 Å². The summed E-state index contributed by atoms with van der Waals surface area (Å²) in [5, 5.41) is 13.2. The predicted molar refractivity (Wildman–Crippen MR) is 109 cm³/mol. The summed E-state index contributed by atoms with van der Waals surface area (Å²) in [6.07, 6.45) is 1.28. The SMILES string of the molecule is O=C(NOCC1(O)CC1)c1cc(Br)c(F)cc1Nc1ccc(I)cc1Cl. The van der Waals surface area contributed by atoms with E-state index in [2.05, 4.69) is 49.3 Å². The molecule has 2 aromatic carbocycles. The van der Waals surface area contributed by atoms with Crippen LogP contribution < -0.4 is 10.8 Å². The molecular formula is C17H14BrClFIN2O3. The average Bonchev–Trinajstić information content (AvgIpc) is 3.30. The first-order valence-electron chi connectivity index (χ1n) is 7.63. The summed E-state index contributed by atoms with van der Waals surface area (Å²) in [5.74, 6) is -1.10. The summed E-state index contributed by atoms with van der Waals surface area (Å²) in [6.45, 7) is 0.00676. The van der Waals surface area contributed by atoms with Crippen LogP contribution in [0.2, 0.25) is 5.02 Å². The van der Waals surface area contributed by atoms with Crippen LogP contribution in [0.4, 0.5) is 15.8 Å². The summed E-state index contributed by atoms with van der Waals surface area (Å²) in [5.41, 5.74) is 2.36. The lowest BCUT2D eigenvalue weighted by Gasteiger charge is -2.15. The van der Waals surface area contributed by atoms with Crippen LogP contribution in [0.25, 0.3) is 0 Å². The fourth-order valence-electron chi connectivity index (χ4n) is 2.15. The highest BCUT2D eigenvalue weighted by Gasteiger charge is 2.41. The van der Waals surface area contributed by atoms with Gasteiger partial charge in [0, 0.05) is 3.57 Å². The second kappa shape index (κ2) is 7.97. The average molecular weight is 556 g/mol. The van der Waals surface area contributed by atoms with Gasteiger partial charge in [-0.3, -0.25) is 9.63 Å². The molecule has 0 bridgehead atoms. The van der Waals surface area contributed by atoms with Gasteiger partial charge in [0.15, 0.2) is 0 Å². The van der Waals surface area contributed by atoms with Crippen LogP contribution >= 0.6 is 50.1 Å². The van der Waals surface area contributed by atoms with Gasteiger partial charge < -0.3 is 10.4 Å². The molecule has 5 nitrogen and oxygen atoms in total. The molecule has 0 unspecified atom stereocenters. The Morgan fingerprint density at radius 3 is 2.73 bits per heavy atom. The molecule has 1 saturated carbocycles. The Morgan fingerprint density at radius 1 is 1.35 bits per heavy atom. The first-order chi connectivity index (χ1) is 12.3. The van der Waals surface area contributed by atoms with Crippen molar-refractivity contribution in [3.05, 3.63) is 54.8 Å². The fraction of sp³-hybridized carbons (Fsp3) is 0.235. The zero-order valence-corrected chi connectivity index (χ0v) is 17.8. The number of anilines is 2. The summed E-state index contributed by atoms with van der Waals surface area (Å²) in [4.78, 5) is 17.5. The summed E-state index contributed by atoms with van der Waals surface area (Å²) in [7, 11) is 0. The molecule has 3 N–H and O–H groups in total. The number of hydrogen-bond donors (Lipinski definition) is 3. The normalized spacial score (nSPS) is 14.8. The van der Waals surface area contributed by atoms with E-state index in [-0.39, 0.29) is 22.3 Å². The fourth-order valence-corrected chi connectivity index (χ4v) is 3.40. The van der Waals surface area contributed by atoms with Crippen LogP contribution in [0.15, 0.2) is 34.8 Å². The number of halogens is 4. The van der Waals surface area contributed by atoms with E-state index >= 15 is 0 Å². The van der Waals surface area contributed by atoms with E-state index in [0.717, 1.165) is 3.57 Å². The lowest BCUT2D eigenvalue weighted by Crippen LogP contribution is -2.29. The quantitative estimate of drug-likeness (QED) is 0.355. The third-order valence-corrected chi connectivity index (χ3v) is 5.43. The van der Waals surface area contributed by atoms with Crippen LogP contribution in [0.5, 0.6) is 0 Å². The summed E-state index contributed by atoms with van der Waals surface area (Å²) in [6, 6.07) is 7.87. The lowest BCUT2D eigenvalue weighted by atomic mass is 10.1. The Bertz CT molecular complexity index is 864. The van der Waals surface area contributed by atoms with Crippen LogP contribution in [-0.4, -0.2) is 23.2 Å². The highest BCUT2D eigenvalue weighted by Crippen LogP contribution is 2.35. The molecule has 2 aromatic rings. The van der Waals surface area contributed by atoms with Crippen molar-refractivity contribution in [2.75, 3.05) is 11.9 Å². The van der Waals surface area contributed by atoms with Gasteiger partial charge in [0.25, 0.3) is 5.91 Å². The Kier molecular flexibility index (Phi) is 6.07. The molecule has 1 aliphatic rings. The van der Waals surface area contributed by atoms with Crippen molar-refractivity contribution in [2.24, 2.45) is 0 Å². The molecule has 9 heteroatoms. The molecule has 0 spiro atoms. The van der Waals surface area contributed by atoms with Crippen molar-refractivity contribution < 1.29 is 19.1 Å². The summed E-state index contributed by atoms with van der Waals surface area (Å²) >= 11 is 11.4. The molecular weight excluding hydrogens is 541 g/mol. The van der Waals surface area contributed by atoms with Gasteiger partial charge in [-0.25, -0.2) is 9.87 Å². The molecule has 0 aliphatic heterocycles. The third kappa shape index (κ3) is 4.86. The van der Waals surface area contributed by atoms with Crippen molar-refractivity contribution in [3.8, 4) is 0 Å². The Morgan fingerprint density at radius 2 is 2.08 bits per heavy atom. The van der Waals surface area contributed by atoms with E-state index in [1.807, 2.05) is 6.07 Å². The van der Waals surface area contributed by atoms with Gasteiger partial charge >= 0.3 is 0 Å². The van der Waals surface area contributed by atoms with E-state index < -0.39 is 17.3 Å². The molecule has 0 saturated heterocycles. The minimum absolute atomic E-state index is 0.00676. The number of hydroxylamine groups is 1. The van der Waals surface area contributed by atoms with E-state index in [1.165, 1.54) is 12.1 Å². The largest absolute Gasteiger partial charge is 0.387 e. The Hall–Kier alpha value is -0.940. The highest BCUT2D eigenvalue weighted by molar-refractivity contribution is 14.1. The number of rotatable bonds is 6. The number of amides is 1. The van der Waals surface area contributed by atoms with E-state index in [0.29, 0.717) is 23.6 Å². The first kappa shape index (κ1) is 19.8. The molecule has 1 amide bonds. The minimum Gasteiger partial charge on any atom is -0.387 e. The molecule has 26 heavy (non-hydrogen) atoms. The predicted octanol–water partition coefficient (Wildman–Crippen LogP) is 4.78. The topological polar surface area (TPSA) is 70.6 Å². The smallest absolute Gasteiger partial charge is 0.276 e. The van der Waals surface area contributed by atoms with Crippen molar-refractivity contribution in [2.45, 2.75) is 18.4 Å². The number of carbonyl (C=O) groups is 1. The maximum atomic E-state index is 14.0. The minimum atomic E-state index is -0.855. The lowest BCUT2D eigenvalue weighted by molar-refractivity contribution is -0.0230. The standard InChI is InChI=1S/C17H14BrClFIN2O3/c18-11-6-10(16(24)23-26-8-17(25)3-4-17)15(7-13(11)20)22-14-2-1-9(21)5-12(14)19/h1-2,5-7,22,25H,3-4,8H2,(H,23,24). The Balaban J connectivity index is 1.81. The van der Waals surface area contributed by atoms with E-state index in [9.17, 15) is 14.3 Å². The highest BCUT2D eigenvalue weighted by atomic mass is 127. The van der Waals surface area contributed by atoms with E-state index in [4.69, 9.17) is 16.4 Å². The molecule has 3 rings (SSSR count). The van der Waals surface area contributed by atoms with Crippen molar-refractivity contribution in [1.82, 2.24) is 5.48 Å². The van der Waals surface area contributed by atoms with Crippen molar-refractivity contribution >= 4 is 67.4 Å². The van der Waals surface area contributed by atoms with Crippen molar-refractivity contribution in [3.63, 3.8) is 0 Å². The molecule has 138 valence electrons. The van der Waals surface area contributed by atoms with Gasteiger partial charge in [0.05, 0.1) is 32.0 Å². The second-order valence-electron chi connectivity index (χ2n) is 6.01. The maximum absolute atomic E-state index is 14.0. The number of benzene rings is 2. The molecule has 0 aromatic heterocycles. The van der Waals surface area contributed by atoms with Gasteiger partial charge in [-0.15, -0.1) is 0 Å². The zero-order chi connectivity index (χ0) is 18.9. The monoisotopic (exact) mass is 554 g/mol. The van der Waals surface area contributed by atoms with Crippen LogP contribution in [-0.2, 0) is 4.84 Å². The van der Waals surface area contributed by atoms with Crippen LogP contribution in [0.3, 0.4) is 0 Å². The molecule has 0 atom stereocenters.